The first-order chi connectivity index (χ1) is 14.4. The van der Waals surface area contributed by atoms with Crippen LogP contribution in [-0.4, -0.2) is 38.4 Å². The fraction of sp³-hybridized carbons (Fsp3) is 0.174. The minimum atomic E-state index is -0.762. The number of hydrogen-bond acceptors (Lipinski definition) is 7. The fourth-order valence-corrected chi connectivity index (χ4v) is 2.78. The molecule has 0 aliphatic rings. The lowest BCUT2D eigenvalue weighted by Crippen LogP contribution is -2.14. The van der Waals surface area contributed by atoms with Crippen LogP contribution in [0.25, 0.3) is 11.3 Å². The highest BCUT2D eigenvalue weighted by molar-refractivity contribution is 6.01. The van der Waals surface area contributed by atoms with Gasteiger partial charge in [-0.05, 0) is 31.2 Å². The van der Waals surface area contributed by atoms with Gasteiger partial charge in [0.25, 0.3) is 0 Å². The second-order valence-corrected chi connectivity index (χ2v) is 6.36. The summed E-state index contributed by atoms with van der Waals surface area (Å²) in [7, 11) is 2.94. The molecule has 3 rings (SSSR count). The summed E-state index contributed by atoms with van der Waals surface area (Å²) in [6, 6.07) is 14.6. The number of carbonyl (C=O) groups excluding carboxylic acids is 3. The van der Waals surface area contributed by atoms with Crippen molar-refractivity contribution in [3.63, 3.8) is 0 Å². The molecule has 2 aromatic carbocycles. The lowest BCUT2D eigenvalue weighted by atomic mass is 10.1. The van der Waals surface area contributed by atoms with Crippen molar-refractivity contribution >= 4 is 17.5 Å². The second-order valence-electron chi connectivity index (χ2n) is 6.36. The SMILES string of the molecule is COc1ccc(C(=O)COC(=O)c2ccc(-c3ccc(C(C)=O)cc3)o2)c(OC)c1. The molecule has 0 radical (unpaired) electrons. The first kappa shape index (κ1) is 20.9. The first-order valence-corrected chi connectivity index (χ1v) is 9.06. The molecule has 0 aliphatic heterocycles. The predicted molar refractivity (Wildman–Crippen MR) is 108 cm³/mol. The Hall–Kier alpha value is -3.87. The quantitative estimate of drug-likeness (QED) is 0.407. The molecule has 0 aliphatic carbocycles. The van der Waals surface area contributed by atoms with Crippen LogP contribution >= 0.6 is 0 Å². The van der Waals surface area contributed by atoms with E-state index in [2.05, 4.69) is 0 Å². The van der Waals surface area contributed by atoms with Gasteiger partial charge in [-0.1, -0.05) is 24.3 Å². The van der Waals surface area contributed by atoms with E-state index in [1.165, 1.54) is 27.2 Å². The maximum Gasteiger partial charge on any atom is 0.374 e. The van der Waals surface area contributed by atoms with Crippen LogP contribution in [0.2, 0.25) is 0 Å². The first-order valence-electron chi connectivity index (χ1n) is 9.06. The van der Waals surface area contributed by atoms with Crippen LogP contribution in [0.15, 0.2) is 59.0 Å². The van der Waals surface area contributed by atoms with Gasteiger partial charge in [-0.25, -0.2) is 4.79 Å². The average molecular weight is 408 g/mol. The normalized spacial score (nSPS) is 10.4. The smallest absolute Gasteiger partial charge is 0.374 e. The summed E-state index contributed by atoms with van der Waals surface area (Å²) in [5, 5.41) is 0. The third-order valence-electron chi connectivity index (χ3n) is 4.43. The molecule has 7 nitrogen and oxygen atoms in total. The average Bonchev–Trinajstić information content (AvgIpc) is 3.27. The number of carbonyl (C=O) groups is 3. The molecule has 0 atom stereocenters. The standard InChI is InChI=1S/C23H20O7/c1-14(24)15-4-6-16(7-5-15)20-10-11-21(30-20)23(26)29-13-19(25)18-9-8-17(27-2)12-22(18)28-3/h4-12H,13H2,1-3H3. The molecule has 0 spiro atoms. The fourth-order valence-electron chi connectivity index (χ4n) is 2.78. The number of esters is 1. The summed E-state index contributed by atoms with van der Waals surface area (Å²) >= 11 is 0. The van der Waals surface area contributed by atoms with Gasteiger partial charge < -0.3 is 18.6 Å². The van der Waals surface area contributed by atoms with Crippen LogP contribution in [0.1, 0.15) is 38.2 Å². The Morgan fingerprint density at radius 1 is 0.900 bits per heavy atom. The Labute approximate surface area is 173 Å². The second kappa shape index (κ2) is 9.09. The third-order valence-corrected chi connectivity index (χ3v) is 4.43. The molecule has 7 heteroatoms. The minimum absolute atomic E-state index is 0.0323. The lowest BCUT2D eigenvalue weighted by Gasteiger charge is -2.09. The van der Waals surface area contributed by atoms with Crippen molar-refractivity contribution in [3.8, 4) is 22.8 Å². The Morgan fingerprint density at radius 3 is 2.27 bits per heavy atom. The molecular formula is C23H20O7. The van der Waals surface area contributed by atoms with E-state index < -0.39 is 18.4 Å². The number of hydrogen-bond donors (Lipinski definition) is 0. The van der Waals surface area contributed by atoms with Crippen LogP contribution in [0.3, 0.4) is 0 Å². The highest BCUT2D eigenvalue weighted by Gasteiger charge is 2.18. The number of rotatable bonds is 8. The monoisotopic (exact) mass is 408 g/mol. The molecule has 154 valence electrons. The number of ether oxygens (including phenoxy) is 3. The third kappa shape index (κ3) is 4.57. The van der Waals surface area contributed by atoms with E-state index >= 15 is 0 Å². The lowest BCUT2D eigenvalue weighted by molar-refractivity contribution is 0.0444. The maximum absolute atomic E-state index is 12.4. The molecule has 0 fully saturated rings. The summed E-state index contributed by atoms with van der Waals surface area (Å²) in [6.07, 6.45) is 0. The molecule has 0 saturated heterocycles. The van der Waals surface area contributed by atoms with Crippen molar-refractivity contribution in [3.05, 3.63) is 71.5 Å². The van der Waals surface area contributed by atoms with Gasteiger partial charge in [-0.3, -0.25) is 9.59 Å². The van der Waals surface area contributed by atoms with E-state index in [9.17, 15) is 14.4 Å². The van der Waals surface area contributed by atoms with Crippen molar-refractivity contribution < 1.29 is 33.0 Å². The van der Waals surface area contributed by atoms with Gasteiger partial charge in [-0.2, -0.15) is 0 Å². The van der Waals surface area contributed by atoms with Crippen molar-refractivity contribution in [1.29, 1.82) is 0 Å². The summed E-state index contributed by atoms with van der Waals surface area (Å²) in [5.41, 5.74) is 1.56. The van der Waals surface area contributed by atoms with Gasteiger partial charge in [0, 0.05) is 17.2 Å². The number of furan rings is 1. The van der Waals surface area contributed by atoms with Crippen molar-refractivity contribution in [2.75, 3.05) is 20.8 Å². The molecular weight excluding hydrogens is 388 g/mol. The molecule has 0 saturated carbocycles. The van der Waals surface area contributed by atoms with Gasteiger partial charge in [0.15, 0.2) is 12.4 Å². The summed E-state index contributed by atoms with van der Waals surface area (Å²) in [5.74, 6) is 0.0557. The minimum Gasteiger partial charge on any atom is -0.497 e. The Kier molecular flexibility index (Phi) is 6.32. The number of benzene rings is 2. The van der Waals surface area contributed by atoms with Gasteiger partial charge >= 0.3 is 5.97 Å². The topological polar surface area (TPSA) is 92.0 Å². The van der Waals surface area contributed by atoms with Crippen molar-refractivity contribution in [2.45, 2.75) is 6.92 Å². The van der Waals surface area contributed by atoms with Gasteiger partial charge in [-0.15, -0.1) is 0 Å². The van der Waals surface area contributed by atoms with E-state index in [1.807, 2.05) is 0 Å². The van der Waals surface area contributed by atoms with Gasteiger partial charge in [0.1, 0.15) is 17.3 Å². The molecule has 0 N–H and O–H groups in total. The zero-order valence-electron chi connectivity index (χ0n) is 16.8. The number of Topliss-reactive ketones (excluding diaryl/α,β-unsaturated/α-hetero) is 2. The van der Waals surface area contributed by atoms with Crippen molar-refractivity contribution in [1.82, 2.24) is 0 Å². The molecule has 3 aromatic rings. The Bertz CT molecular complexity index is 1080. The predicted octanol–water partition coefficient (Wildman–Crippen LogP) is 4.21. The molecule has 0 amide bonds. The molecule has 0 unspecified atom stereocenters. The highest BCUT2D eigenvalue weighted by atomic mass is 16.5. The summed E-state index contributed by atoms with van der Waals surface area (Å²) in [4.78, 5) is 36.0. The zero-order chi connectivity index (χ0) is 21.7. The van der Waals surface area contributed by atoms with E-state index in [1.54, 1.807) is 48.5 Å². The summed E-state index contributed by atoms with van der Waals surface area (Å²) < 4.78 is 20.9. The number of methoxy groups -OCH3 is 2. The van der Waals surface area contributed by atoms with E-state index in [0.29, 0.717) is 28.4 Å². The van der Waals surface area contributed by atoms with E-state index in [-0.39, 0.29) is 17.1 Å². The molecule has 0 bridgehead atoms. The van der Waals surface area contributed by atoms with Crippen LogP contribution in [0, 0.1) is 0 Å². The van der Waals surface area contributed by atoms with E-state index in [4.69, 9.17) is 18.6 Å². The van der Waals surface area contributed by atoms with Crippen molar-refractivity contribution in [2.24, 2.45) is 0 Å². The van der Waals surface area contributed by atoms with Crippen LogP contribution in [0.5, 0.6) is 11.5 Å². The zero-order valence-corrected chi connectivity index (χ0v) is 16.8. The molecule has 1 aromatic heterocycles. The van der Waals surface area contributed by atoms with Gasteiger partial charge in [0.05, 0.1) is 19.8 Å². The summed E-state index contributed by atoms with van der Waals surface area (Å²) in [6.45, 7) is 1.02. The highest BCUT2D eigenvalue weighted by Crippen LogP contribution is 2.26. The largest absolute Gasteiger partial charge is 0.497 e. The van der Waals surface area contributed by atoms with E-state index in [0.717, 1.165) is 0 Å². The van der Waals surface area contributed by atoms with Crippen LogP contribution in [0.4, 0.5) is 0 Å². The van der Waals surface area contributed by atoms with Crippen LogP contribution in [-0.2, 0) is 4.74 Å². The maximum atomic E-state index is 12.4. The Balaban J connectivity index is 1.66. The number of ketones is 2. The van der Waals surface area contributed by atoms with Gasteiger partial charge in [0.2, 0.25) is 11.5 Å². The Morgan fingerprint density at radius 2 is 1.63 bits per heavy atom. The van der Waals surface area contributed by atoms with Crippen LogP contribution < -0.4 is 9.47 Å². The molecule has 1 heterocycles. The molecule has 30 heavy (non-hydrogen) atoms.